The summed E-state index contributed by atoms with van der Waals surface area (Å²) in [6.45, 7) is 6.92. The third kappa shape index (κ3) is 4.97. The molecule has 0 radical (unpaired) electrons. The molecule has 1 heterocycles. The maximum atomic E-state index is 13.0. The van der Waals surface area contributed by atoms with Crippen LogP contribution in [-0.2, 0) is 14.3 Å². The van der Waals surface area contributed by atoms with E-state index in [0.29, 0.717) is 41.7 Å². The van der Waals surface area contributed by atoms with Crippen LogP contribution in [0, 0.1) is 5.92 Å². The van der Waals surface area contributed by atoms with Crippen molar-refractivity contribution < 1.29 is 23.9 Å². The van der Waals surface area contributed by atoms with Crippen LogP contribution in [0.2, 0.25) is 0 Å². The summed E-state index contributed by atoms with van der Waals surface area (Å²) in [7, 11) is 0. The number of hydrogen-bond acceptors (Lipinski definition) is 5. The van der Waals surface area contributed by atoms with Gasteiger partial charge in [0.15, 0.2) is 0 Å². The van der Waals surface area contributed by atoms with Crippen LogP contribution in [0.1, 0.15) is 43.1 Å². The van der Waals surface area contributed by atoms with E-state index in [9.17, 15) is 14.4 Å². The minimum atomic E-state index is -0.608. The highest BCUT2D eigenvalue weighted by Gasteiger charge is 2.39. The molecule has 2 aromatic carbocycles. The predicted molar refractivity (Wildman–Crippen MR) is 119 cm³/mol. The average molecular weight is 442 g/mol. The molecule has 0 atom stereocenters. The maximum Gasteiger partial charge on any atom is 0.338 e. The Morgan fingerprint density at radius 3 is 2.23 bits per heavy atom. The van der Waals surface area contributed by atoms with Gasteiger partial charge in [0.25, 0.3) is 11.8 Å². The SMILES string of the molecule is CCCOC(=O)c1ccc(N2C(=O)C(Cl)=C(c3ccc(OCC(C)C)cc3)C2=O)cc1. The Kier molecular flexibility index (Phi) is 7.13. The molecule has 0 aliphatic carbocycles. The first kappa shape index (κ1) is 22.6. The number of halogens is 1. The van der Waals surface area contributed by atoms with Gasteiger partial charge in [0, 0.05) is 0 Å². The zero-order valence-corrected chi connectivity index (χ0v) is 18.4. The Bertz CT molecular complexity index is 1010. The summed E-state index contributed by atoms with van der Waals surface area (Å²) >= 11 is 6.25. The summed E-state index contributed by atoms with van der Waals surface area (Å²) < 4.78 is 10.7. The van der Waals surface area contributed by atoms with E-state index >= 15 is 0 Å². The first-order chi connectivity index (χ1) is 14.8. The van der Waals surface area contributed by atoms with E-state index in [-0.39, 0.29) is 10.6 Å². The molecule has 0 N–H and O–H groups in total. The molecule has 6 nitrogen and oxygen atoms in total. The maximum absolute atomic E-state index is 13.0. The lowest BCUT2D eigenvalue weighted by molar-refractivity contribution is -0.119. The van der Waals surface area contributed by atoms with E-state index in [1.165, 1.54) is 24.3 Å². The van der Waals surface area contributed by atoms with E-state index < -0.39 is 17.8 Å². The molecule has 31 heavy (non-hydrogen) atoms. The molecule has 1 aliphatic heterocycles. The molecule has 0 saturated heterocycles. The van der Waals surface area contributed by atoms with Gasteiger partial charge in [-0.3, -0.25) is 9.59 Å². The lowest BCUT2D eigenvalue weighted by Gasteiger charge is -2.15. The largest absolute Gasteiger partial charge is 0.493 e. The van der Waals surface area contributed by atoms with Gasteiger partial charge in [-0.1, -0.05) is 44.5 Å². The Morgan fingerprint density at radius 2 is 1.65 bits per heavy atom. The topological polar surface area (TPSA) is 72.9 Å². The lowest BCUT2D eigenvalue weighted by atomic mass is 10.1. The van der Waals surface area contributed by atoms with Gasteiger partial charge >= 0.3 is 5.97 Å². The fraction of sp³-hybridized carbons (Fsp3) is 0.292. The number of esters is 1. The molecule has 0 bridgehead atoms. The number of nitrogens with zero attached hydrogens (tertiary/aromatic N) is 1. The number of benzene rings is 2. The highest BCUT2D eigenvalue weighted by atomic mass is 35.5. The Balaban J connectivity index is 1.79. The molecule has 1 aliphatic rings. The number of anilines is 1. The van der Waals surface area contributed by atoms with Gasteiger partial charge in [-0.25, -0.2) is 9.69 Å². The molecule has 2 aromatic rings. The number of carbonyl (C=O) groups is 3. The van der Waals surface area contributed by atoms with Gasteiger partial charge in [0.1, 0.15) is 10.8 Å². The van der Waals surface area contributed by atoms with Gasteiger partial charge < -0.3 is 9.47 Å². The number of amides is 2. The van der Waals surface area contributed by atoms with Crippen LogP contribution >= 0.6 is 11.6 Å². The first-order valence-corrected chi connectivity index (χ1v) is 10.5. The molecular weight excluding hydrogens is 418 g/mol. The number of ether oxygens (including phenoxy) is 2. The predicted octanol–water partition coefficient (Wildman–Crippen LogP) is 4.81. The van der Waals surface area contributed by atoms with E-state index in [2.05, 4.69) is 13.8 Å². The van der Waals surface area contributed by atoms with Crippen molar-refractivity contribution in [2.24, 2.45) is 5.92 Å². The third-order valence-electron chi connectivity index (χ3n) is 4.55. The molecule has 3 rings (SSSR count). The van der Waals surface area contributed by atoms with Gasteiger partial charge in [0.2, 0.25) is 0 Å². The quantitative estimate of drug-likeness (QED) is 0.434. The molecule has 0 saturated carbocycles. The highest BCUT2D eigenvalue weighted by Crippen LogP contribution is 2.35. The van der Waals surface area contributed by atoms with Crippen molar-refractivity contribution in [3.8, 4) is 5.75 Å². The van der Waals surface area contributed by atoms with Crippen LogP contribution in [0.25, 0.3) is 5.57 Å². The van der Waals surface area contributed by atoms with E-state index in [1.807, 2.05) is 6.92 Å². The highest BCUT2D eigenvalue weighted by molar-refractivity contribution is 6.60. The molecule has 162 valence electrons. The van der Waals surface area contributed by atoms with Crippen LogP contribution < -0.4 is 9.64 Å². The fourth-order valence-electron chi connectivity index (χ4n) is 2.99. The van der Waals surface area contributed by atoms with Gasteiger partial charge in [-0.2, -0.15) is 0 Å². The van der Waals surface area contributed by atoms with E-state index in [4.69, 9.17) is 21.1 Å². The van der Waals surface area contributed by atoms with Crippen molar-refractivity contribution in [1.82, 2.24) is 0 Å². The van der Waals surface area contributed by atoms with Crippen molar-refractivity contribution in [3.63, 3.8) is 0 Å². The molecule has 0 unspecified atom stereocenters. The summed E-state index contributed by atoms with van der Waals surface area (Å²) in [4.78, 5) is 38.7. The summed E-state index contributed by atoms with van der Waals surface area (Å²) in [5, 5.41) is -0.146. The monoisotopic (exact) mass is 441 g/mol. The van der Waals surface area contributed by atoms with Crippen molar-refractivity contribution in [2.45, 2.75) is 27.2 Å². The van der Waals surface area contributed by atoms with Crippen molar-refractivity contribution >= 4 is 40.6 Å². The van der Waals surface area contributed by atoms with Crippen molar-refractivity contribution in [3.05, 3.63) is 64.7 Å². The summed E-state index contributed by atoms with van der Waals surface area (Å²) in [6.07, 6.45) is 0.721. The van der Waals surface area contributed by atoms with Gasteiger partial charge in [-0.15, -0.1) is 0 Å². The number of imide groups is 1. The first-order valence-electron chi connectivity index (χ1n) is 10.1. The molecule has 2 amide bonds. The van der Waals surface area contributed by atoms with Crippen LogP contribution in [0.5, 0.6) is 5.75 Å². The molecule has 0 fully saturated rings. The van der Waals surface area contributed by atoms with E-state index in [1.54, 1.807) is 24.3 Å². The Hall–Kier alpha value is -3.12. The summed E-state index contributed by atoms with van der Waals surface area (Å²) in [5.41, 5.74) is 1.33. The minimum Gasteiger partial charge on any atom is -0.493 e. The second kappa shape index (κ2) is 9.79. The minimum absolute atomic E-state index is 0.133. The molecule has 7 heteroatoms. The van der Waals surface area contributed by atoms with Crippen molar-refractivity contribution in [1.29, 1.82) is 0 Å². The zero-order valence-electron chi connectivity index (χ0n) is 17.7. The van der Waals surface area contributed by atoms with Crippen LogP contribution in [0.4, 0.5) is 5.69 Å². The summed E-state index contributed by atoms with van der Waals surface area (Å²) in [6, 6.07) is 13.0. The van der Waals surface area contributed by atoms with Gasteiger partial charge in [-0.05, 0) is 54.3 Å². The standard InChI is InChI=1S/C24H24ClNO5/c1-4-13-30-24(29)17-5-9-18(10-6-17)26-22(27)20(21(25)23(26)28)16-7-11-19(12-8-16)31-14-15(2)3/h5-12,15H,4,13-14H2,1-3H3. The smallest absolute Gasteiger partial charge is 0.338 e. The molecular formula is C24H24ClNO5. The zero-order chi connectivity index (χ0) is 22.5. The Labute approximate surface area is 186 Å². The molecule has 0 aromatic heterocycles. The second-order valence-electron chi connectivity index (χ2n) is 7.55. The number of rotatable bonds is 8. The second-order valence-corrected chi connectivity index (χ2v) is 7.92. The van der Waals surface area contributed by atoms with Crippen LogP contribution in [-0.4, -0.2) is 31.0 Å². The Morgan fingerprint density at radius 1 is 1.00 bits per heavy atom. The third-order valence-corrected chi connectivity index (χ3v) is 4.90. The summed E-state index contributed by atoms with van der Waals surface area (Å²) in [5.74, 6) is -0.521. The normalized spacial score (nSPS) is 13.9. The van der Waals surface area contributed by atoms with Crippen molar-refractivity contribution in [2.75, 3.05) is 18.1 Å². The average Bonchev–Trinajstić information content (AvgIpc) is 2.99. The van der Waals surface area contributed by atoms with Crippen LogP contribution in [0.3, 0.4) is 0 Å². The number of carbonyl (C=O) groups excluding carboxylic acids is 3. The van der Waals surface area contributed by atoms with Gasteiger partial charge in [0.05, 0.1) is 30.0 Å². The fourth-order valence-corrected chi connectivity index (χ4v) is 3.27. The van der Waals surface area contributed by atoms with Crippen LogP contribution in [0.15, 0.2) is 53.6 Å². The molecule has 0 spiro atoms. The lowest BCUT2D eigenvalue weighted by Crippen LogP contribution is -2.31. The number of hydrogen-bond donors (Lipinski definition) is 0. The van der Waals surface area contributed by atoms with E-state index in [0.717, 1.165) is 11.3 Å².